The Morgan fingerprint density at radius 2 is 1.95 bits per heavy atom. The highest BCUT2D eigenvalue weighted by Gasteiger charge is 2.20. The van der Waals surface area contributed by atoms with Gasteiger partial charge in [0.05, 0.1) is 4.90 Å². The van der Waals surface area contributed by atoms with Gasteiger partial charge in [0.2, 0.25) is 10.0 Å². The normalized spacial score (nSPS) is 16.9. The highest BCUT2D eigenvalue weighted by molar-refractivity contribution is 7.99. The van der Waals surface area contributed by atoms with Crippen LogP contribution in [-0.2, 0) is 16.6 Å². The molecule has 1 unspecified atom stereocenters. The van der Waals surface area contributed by atoms with Crippen LogP contribution >= 0.6 is 11.8 Å². The number of hydrogen-bond acceptors (Lipinski definition) is 4. The van der Waals surface area contributed by atoms with Crippen molar-refractivity contribution in [2.75, 3.05) is 12.8 Å². The van der Waals surface area contributed by atoms with Crippen molar-refractivity contribution in [3.05, 3.63) is 29.8 Å². The van der Waals surface area contributed by atoms with E-state index in [1.807, 2.05) is 18.4 Å². The van der Waals surface area contributed by atoms with Gasteiger partial charge < -0.3 is 5.32 Å². The van der Waals surface area contributed by atoms with Crippen molar-refractivity contribution in [3.63, 3.8) is 0 Å². The monoisotopic (exact) mass is 328 g/mol. The van der Waals surface area contributed by atoms with Crippen LogP contribution in [0.4, 0.5) is 0 Å². The highest BCUT2D eigenvalue weighted by atomic mass is 32.2. The van der Waals surface area contributed by atoms with Gasteiger partial charge in [-0.15, -0.1) is 0 Å². The molecule has 1 fully saturated rings. The smallest absolute Gasteiger partial charge is 0.240 e. The largest absolute Gasteiger partial charge is 0.310 e. The van der Waals surface area contributed by atoms with Crippen molar-refractivity contribution in [3.8, 4) is 0 Å². The van der Waals surface area contributed by atoms with E-state index in [0.29, 0.717) is 22.7 Å². The summed E-state index contributed by atoms with van der Waals surface area (Å²) >= 11 is 1.74. The molecule has 1 aromatic carbocycles. The summed E-state index contributed by atoms with van der Waals surface area (Å²) in [6.07, 6.45) is 5.38. The van der Waals surface area contributed by atoms with Crippen LogP contribution in [0.2, 0.25) is 0 Å². The van der Waals surface area contributed by atoms with Crippen LogP contribution in [0.25, 0.3) is 0 Å². The van der Waals surface area contributed by atoms with Crippen molar-refractivity contribution in [1.29, 1.82) is 0 Å². The number of sulfonamides is 1. The number of rotatable bonds is 9. The molecule has 2 N–H and O–H groups in total. The summed E-state index contributed by atoms with van der Waals surface area (Å²) in [4.78, 5) is 0.342. The maximum Gasteiger partial charge on any atom is 0.240 e. The number of thioether (sulfide) groups is 1. The van der Waals surface area contributed by atoms with Crippen molar-refractivity contribution < 1.29 is 8.42 Å². The van der Waals surface area contributed by atoms with Crippen molar-refractivity contribution in [2.45, 2.75) is 48.9 Å². The molecule has 1 saturated carbocycles. The Kier molecular flexibility index (Phi) is 6.10. The summed E-state index contributed by atoms with van der Waals surface area (Å²) in [5.74, 6) is 0. The van der Waals surface area contributed by atoms with E-state index >= 15 is 0 Å². The predicted molar refractivity (Wildman–Crippen MR) is 89.1 cm³/mol. The molecule has 1 aliphatic rings. The molecule has 118 valence electrons. The standard InChI is InChI=1S/C15H24N2O2S2/c1-12(20-2)9-10-17-21(18,19)15-7-3-13(4-8-15)11-16-14-5-6-14/h3-4,7-8,12,14,16-17H,5-6,9-11H2,1-2H3. The number of hydrogen-bond donors (Lipinski definition) is 2. The SMILES string of the molecule is CSC(C)CCNS(=O)(=O)c1ccc(CNC2CC2)cc1. The Bertz CT molecular complexity index is 539. The molecule has 1 atom stereocenters. The third-order valence-electron chi connectivity index (χ3n) is 3.65. The van der Waals surface area contributed by atoms with Crippen LogP contribution in [0.3, 0.4) is 0 Å². The Morgan fingerprint density at radius 3 is 2.52 bits per heavy atom. The van der Waals surface area contributed by atoms with Crippen LogP contribution in [0.1, 0.15) is 31.7 Å². The lowest BCUT2D eigenvalue weighted by molar-refractivity contribution is 0.579. The third kappa shape index (κ3) is 5.62. The molecule has 0 saturated heterocycles. The van der Waals surface area contributed by atoms with Gasteiger partial charge in [0.15, 0.2) is 0 Å². The first-order valence-corrected chi connectivity index (χ1v) is 10.1. The van der Waals surface area contributed by atoms with E-state index < -0.39 is 10.0 Å². The first-order chi connectivity index (χ1) is 10.0. The molecule has 1 aromatic rings. The second-order valence-corrected chi connectivity index (χ2v) is 8.57. The van der Waals surface area contributed by atoms with Gasteiger partial charge in [-0.1, -0.05) is 19.1 Å². The fraction of sp³-hybridized carbons (Fsp3) is 0.600. The Hall–Kier alpha value is -0.560. The summed E-state index contributed by atoms with van der Waals surface area (Å²) in [5.41, 5.74) is 1.12. The first kappa shape index (κ1) is 16.8. The fourth-order valence-corrected chi connectivity index (χ4v) is 3.34. The van der Waals surface area contributed by atoms with Crippen molar-refractivity contribution >= 4 is 21.8 Å². The molecule has 0 aliphatic heterocycles. The molecule has 1 aliphatic carbocycles. The van der Waals surface area contributed by atoms with Crippen LogP contribution < -0.4 is 10.0 Å². The minimum Gasteiger partial charge on any atom is -0.310 e. The molecule has 2 rings (SSSR count). The molecule has 21 heavy (non-hydrogen) atoms. The van der Waals surface area contributed by atoms with E-state index in [-0.39, 0.29) is 0 Å². The quantitative estimate of drug-likeness (QED) is 0.731. The van der Waals surface area contributed by atoms with Crippen molar-refractivity contribution in [1.82, 2.24) is 10.0 Å². The summed E-state index contributed by atoms with van der Waals surface area (Å²) < 4.78 is 27.0. The van der Waals surface area contributed by atoms with Gasteiger partial charge in [-0.05, 0) is 43.2 Å². The average Bonchev–Trinajstić information content (AvgIpc) is 3.29. The zero-order valence-corrected chi connectivity index (χ0v) is 14.3. The molecule has 0 spiro atoms. The minimum absolute atomic E-state index is 0.342. The first-order valence-electron chi connectivity index (χ1n) is 7.36. The predicted octanol–water partition coefficient (Wildman–Crippen LogP) is 2.36. The second-order valence-electron chi connectivity index (χ2n) is 5.53. The zero-order chi connectivity index (χ0) is 15.3. The summed E-state index contributed by atoms with van der Waals surface area (Å²) in [5, 5.41) is 3.88. The maximum atomic E-state index is 12.2. The van der Waals surface area contributed by atoms with Gasteiger partial charge in [-0.2, -0.15) is 11.8 Å². The molecule has 0 heterocycles. The Morgan fingerprint density at radius 1 is 1.29 bits per heavy atom. The lowest BCUT2D eigenvalue weighted by Gasteiger charge is -2.10. The Labute approximate surface area is 132 Å². The van der Waals surface area contributed by atoms with Crippen LogP contribution in [-0.4, -0.2) is 32.5 Å². The third-order valence-corrected chi connectivity index (χ3v) is 6.17. The molecule has 4 nitrogen and oxygen atoms in total. The van der Waals surface area contributed by atoms with Gasteiger partial charge in [0.25, 0.3) is 0 Å². The topological polar surface area (TPSA) is 58.2 Å². The molecule has 0 amide bonds. The van der Waals surface area contributed by atoms with Gasteiger partial charge in [0, 0.05) is 24.4 Å². The van der Waals surface area contributed by atoms with E-state index in [9.17, 15) is 8.42 Å². The zero-order valence-electron chi connectivity index (χ0n) is 12.6. The molecular weight excluding hydrogens is 304 g/mol. The molecule has 0 radical (unpaired) electrons. The van der Waals surface area contributed by atoms with Gasteiger partial charge in [-0.25, -0.2) is 13.1 Å². The van der Waals surface area contributed by atoms with E-state index in [1.54, 1.807) is 23.9 Å². The molecule has 0 aromatic heterocycles. The molecule has 0 bridgehead atoms. The van der Waals surface area contributed by atoms with Gasteiger partial charge in [0.1, 0.15) is 0 Å². The summed E-state index contributed by atoms with van der Waals surface area (Å²) in [6, 6.07) is 7.80. The Balaban J connectivity index is 1.86. The fourth-order valence-electron chi connectivity index (χ4n) is 1.93. The van der Waals surface area contributed by atoms with E-state index in [0.717, 1.165) is 18.5 Å². The molecular formula is C15H24N2O2S2. The van der Waals surface area contributed by atoms with Crippen molar-refractivity contribution in [2.24, 2.45) is 0 Å². The summed E-state index contributed by atoms with van der Waals surface area (Å²) in [6.45, 7) is 3.39. The average molecular weight is 329 g/mol. The number of benzene rings is 1. The van der Waals surface area contributed by atoms with E-state index in [4.69, 9.17) is 0 Å². The van der Waals surface area contributed by atoms with Gasteiger partial charge >= 0.3 is 0 Å². The lowest BCUT2D eigenvalue weighted by Crippen LogP contribution is -2.26. The lowest BCUT2D eigenvalue weighted by atomic mass is 10.2. The van der Waals surface area contributed by atoms with Crippen LogP contribution in [0.15, 0.2) is 29.2 Å². The summed E-state index contributed by atoms with van der Waals surface area (Å²) in [7, 11) is -3.38. The minimum atomic E-state index is -3.38. The highest BCUT2D eigenvalue weighted by Crippen LogP contribution is 2.19. The van der Waals surface area contributed by atoms with E-state index in [1.165, 1.54) is 12.8 Å². The molecule has 6 heteroatoms. The van der Waals surface area contributed by atoms with E-state index in [2.05, 4.69) is 17.0 Å². The van der Waals surface area contributed by atoms with Gasteiger partial charge in [-0.3, -0.25) is 0 Å². The maximum absolute atomic E-state index is 12.2. The van der Waals surface area contributed by atoms with Crippen LogP contribution in [0, 0.1) is 0 Å². The van der Waals surface area contributed by atoms with Crippen LogP contribution in [0.5, 0.6) is 0 Å². The number of nitrogens with one attached hydrogen (secondary N) is 2. The second kappa shape index (κ2) is 7.63.